The Balaban J connectivity index is 1.86. The molecular formula is C15H16N5+. The van der Waals surface area contributed by atoms with E-state index in [1.807, 2.05) is 60.7 Å². The summed E-state index contributed by atoms with van der Waals surface area (Å²) in [7, 11) is 0. The zero-order valence-corrected chi connectivity index (χ0v) is 10.9. The fraction of sp³-hybridized carbons (Fsp3) is 0. The van der Waals surface area contributed by atoms with E-state index in [1.54, 1.807) is 12.4 Å². The van der Waals surface area contributed by atoms with E-state index in [-0.39, 0.29) is 5.96 Å². The van der Waals surface area contributed by atoms with E-state index >= 15 is 0 Å². The van der Waals surface area contributed by atoms with Crippen molar-refractivity contribution in [2.75, 3.05) is 0 Å². The molecule has 0 bridgehead atoms. The summed E-state index contributed by atoms with van der Waals surface area (Å²) in [5, 5.41) is 10.6. The number of hydrazone groups is 1. The van der Waals surface area contributed by atoms with E-state index in [2.05, 4.69) is 20.7 Å². The lowest BCUT2D eigenvalue weighted by atomic mass is 10.2. The standard InChI is InChI=1S/C15H15N5/c16-15(19-17-11-13-7-3-1-4-8-13)20-18-12-14-9-5-2-6-10-14/h1-12H,(H3,16,19,20)/p+1/b17-11+,18-12?. The molecular weight excluding hydrogens is 250 g/mol. The molecule has 2 aromatic carbocycles. The van der Waals surface area contributed by atoms with E-state index in [0.29, 0.717) is 0 Å². The number of nitrogens with zero attached hydrogens (tertiary/aromatic N) is 2. The zero-order chi connectivity index (χ0) is 14.0. The molecule has 2 rings (SSSR count). The van der Waals surface area contributed by atoms with E-state index in [0.717, 1.165) is 11.1 Å². The van der Waals surface area contributed by atoms with Crippen LogP contribution in [-0.4, -0.2) is 18.4 Å². The van der Waals surface area contributed by atoms with Gasteiger partial charge < -0.3 is 5.73 Å². The molecule has 20 heavy (non-hydrogen) atoms. The first kappa shape index (κ1) is 13.5. The fourth-order valence-electron chi connectivity index (χ4n) is 1.46. The number of hydrazine groups is 1. The summed E-state index contributed by atoms with van der Waals surface area (Å²) < 4.78 is 0. The first-order valence-corrected chi connectivity index (χ1v) is 6.16. The summed E-state index contributed by atoms with van der Waals surface area (Å²) >= 11 is 0. The lowest BCUT2D eigenvalue weighted by Crippen LogP contribution is -2.82. The minimum atomic E-state index is 0.185. The molecule has 0 saturated carbocycles. The maximum absolute atomic E-state index is 5.64. The summed E-state index contributed by atoms with van der Waals surface area (Å²) in [5.74, 6) is 0.185. The third kappa shape index (κ3) is 4.73. The number of rotatable bonds is 4. The summed E-state index contributed by atoms with van der Waals surface area (Å²) in [6.45, 7) is 0. The van der Waals surface area contributed by atoms with Gasteiger partial charge in [0.05, 0.1) is 6.21 Å². The Morgan fingerprint density at radius 3 is 2.20 bits per heavy atom. The van der Waals surface area contributed by atoms with Crippen molar-refractivity contribution in [2.45, 2.75) is 0 Å². The molecule has 0 saturated heterocycles. The van der Waals surface area contributed by atoms with Crippen LogP contribution >= 0.6 is 0 Å². The van der Waals surface area contributed by atoms with Gasteiger partial charge in [0.25, 0.3) is 5.96 Å². The highest BCUT2D eigenvalue weighted by Gasteiger charge is 1.91. The number of hydrogen-bond donors (Lipinski definition) is 3. The molecule has 5 heteroatoms. The Morgan fingerprint density at radius 1 is 0.950 bits per heavy atom. The SMILES string of the molecule is NC(=NN=Cc1ccccc1)N/[NH+]=C/c1ccccc1. The number of hydrogen-bond acceptors (Lipinski definition) is 2. The van der Waals surface area contributed by atoms with Gasteiger partial charge in [0.2, 0.25) is 0 Å². The topological polar surface area (TPSA) is 76.7 Å². The number of nitrogens with two attached hydrogens (primary N) is 1. The maximum atomic E-state index is 5.64. The molecule has 0 atom stereocenters. The highest BCUT2D eigenvalue weighted by atomic mass is 15.4. The van der Waals surface area contributed by atoms with Gasteiger partial charge in [-0.25, -0.2) is 0 Å². The molecule has 0 fully saturated rings. The quantitative estimate of drug-likeness (QED) is 0.415. The van der Waals surface area contributed by atoms with Crippen LogP contribution < -0.4 is 16.3 Å². The average Bonchev–Trinajstić information content (AvgIpc) is 2.49. The molecule has 0 spiro atoms. The van der Waals surface area contributed by atoms with E-state index < -0.39 is 0 Å². The molecule has 0 radical (unpaired) electrons. The van der Waals surface area contributed by atoms with Crippen LogP contribution in [0.1, 0.15) is 11.1 Å². The monoisotopic (exact) mass is 266 g/mol. The van der Waals surface area contributed by atoms with Gasteiger partial charge in [0.15, 0.2) is 6.21 Å². The van der Waals surface area contributed by atoms with Crippen LogP contribution in [0.25, 0.3) is 0 Å². The predicted molar refractivity (Wildman–Crippen MR) is 81.4 cm³/mol. The molecule has 0 heterocycles. The van der Waals surface area contributed by atoms with Gasteiger partial charge in [0.1, 0.15) is 0 Å². The van der Waals surface area contributed by atoms with E-state index in [4.69, 9.17) is 5.73 Å². The number of benzene rings is 2. The molecule has 0 aliphatic carbocycles. The normalized spacial score (nSPS) is 12.1. The summed E-state index contributed by atoms with van der Waals surface area (Å²) in [6.07, 6.45) is 3.42. The maximum Gasteiger partial charge on any atom is 0.269 e. The lowest BCUT2D eigenvalue weighted by molar-refractivity contribution is -0.500. The Hall–Kier alpha value is -2.95. The molecule has 0 aliphatic rings. The first-order chi connectivity index (χ1) is 9.84. The van der Waals surface area contributed by atoms with Gasteiger partial charge in [-0.3, -0.25) is 0 Å². The van der Waals surface area contributed by atoms with Crippen LogP contribution in [0, 0.1) is 0 Å². The largest absolute Gasteiger partial charge is 0.364 e. The third-order valence-electron chi connectivity index (χ3n) is 2.41. The second-order valence-electron chi connectivity index (χ2n) is 3.96. The Morgan fingerprint density at radius 2 is 1.55 bits per heavy atom. The van der Waals surface area contributed by atoms with Gasteiger partial charge in [0, 0.05) is 5.56 Å². The summed E-state index contributed by atoms with van der Waals surface area (Å²) in [5.41, 5.74) is 10.4. The van der Waals surface area contributed by atoms with Crippen molar-refractivity contribution in [3.8, 4) is 0 Å². The second kappa shape index (κ2) is 7.48. The van der Waals surface area contributed by atoms with Crippen molar-refractivity contribution in [2.24, 2.45) is 15.9 Å². The molecule has 5 nitrogen and oxygen atoms in total. The second-order valence-corrected chi connectivity index (χ2v) is 3.96. The van der Waals surface area contributed by atoms with E-state index in [1.165, 1.54) is 0 Å². The smallest absolute Gasteiger partial charge is 0.269 e. The van der Waals surface area contributed by atoms with Gasteiger partial charge in [-0.1, -0.05) is 48.5 Å². The Bertz CT molecular complexity index is 603. The number of nitrogens with one attached hydrogen (secondary N) is 2. The summed E-state index contributed by atoms with van der Waals surface area (Å²) in [4.78, 5) is 0. The predicted octanol–water partition coefficient (Wildman–Crippen LogP) is 0.0395. The molecule has 0 amide bonds. The molecule has 2 aromatic rings. The van der Waals surface area contributed by atoms with Crippen molar-refractivity contribution in [1.29, 1.82) is 0 Å². The van der Waals surface area contributed by atoms with Crippen LogP contribution in [0.3, 0.4) is 0 Å². The minimum Gasteiger partial charge on any atom is -0.364 e. The van der Waals surface area contributed by atoms with E-state index in [9.17, 15) is 0 Å². The number of guanidine groups is 1. The van der Waals surface area contributed by atoms with Gasteiger partial charge >= 0.3 is 0 Å². The molecule has 0 aromatic heterocycles. The lowest BCUT2D eigenvalue weighted by Gasteiger charge is -1.91. The van der Waals surface area contributed by atoms with Crippen LogP contribution in [-0.2, 0) is 0 Å². The van der Waals surface area contributed by atoms with Gasteiger partial charge in [-0.05, 0) is 17.7 Å². The van der Waals surface area contributed by atoms with Crippen molar-refractivity contribution in [3.05, 3.63) is 71.8 Å². The summed E-state index contributed by atoms with van der Waals surface area (Å²) in [6, 6.07) is 19.5. The highest BCUT2D eigenvalue weighted by molar-refractivity contribution is 5.82. The third-order valence-corrected chi connectivity index (χ3v) is 2.41. The first-order valence-electron chi connectivity index (χ1n) is 6.16. The van der Waals surface area contributed by atoms with Gasteiger partial charge in [-0.15, -0.1) is 15.6 Å². The average molecular weight is 266 g/mol. The Kier molecular flexibility index (Phi) is 5.04. The van der Waals surface area contributed by atoms with Crippen LogP contribution in [0.4, 0.5) is 0 Å². The van der Waals surface area contributed by atoms with Crippen molar-refractivity contribution in [1.82, 2.24) is 5.43 Å². The highest BCUT2D eigenvalue weighted by Crippen LogP contribution is 1.93. The van der Waals surface area contributed by atoms with Crippen LogP contribution in [0.2, 0.25) is 0 Å². The zero-order valence-electron chi connectivity index (χ0n) is 10.9. The van der Waals surface area contributed by atoms with Crippen molar-refractivity contribution < 1.29 is 5.10 Å². The molecule has 100 valence electrons. The molecule has 4 N–H and O–H groups in total. The minimum absolute atomic E-state index is 0.185. The Labute approximate surface area is 117 Å². The van der Waals surface area contributed by atoms with Crippen LogP contribution in [0.15, 0.2) is 70.9 Å². The molecule has 0 unspecified atom stereocenters. The van der Waals surface area contributed by atoms with Crippen molar-refractivity contribution >= 4 is 18.4 Å². The van der Waals surface area contributed by atoms with Crippen molar-refractivity contribution in [3.63, 3.8) is 0 Å². The molecule has 0 aliphatic heterocycles. The van der Waals surface area contributed by atoms with Gasteiger partial charge in [-0.2, -0.15) is 5.10 Å². The van der Waals surface area contributed by atoms with Crippen LogP contribution in [0.5, 0.6) is 0 Å². The fourth-order valence-corrected chi connectivity index (χ4v) is 1.46.